The number of nitrogens with one attached hydrogen (secondary N) is 1. The smallest absolute Gasteiger partial charge is 0.257 e. The highest BCUT2D eigenvalue weighted by Crippen LogP contribution is 2.39. The molecule has 3 amide bonds. The van der Waals surface area contributed by atoms with E-state index in [4.69, 9.17) is 11.6 Å². The van der Waals surface area contributed by atoms with Gasteiger partial charge in [0.15, 0.2) is 0 Å². The molecule has 1 unspecified atom stereocenters. The van der Waals surface area contributed by atoms with Crippen molar-refractivity contribution in [1.29, 1.82) is 10.5 Å². The predicted molar refractivity (Wildman–Crippen MR) is 154 cm³/mol. The van der Waals surface area contributed by atoms with Crippen molar-refractivity contribution in [2.45, 2.75) is 56.1 Å². The highest BCUT2D eigenvalue weighted by Gasteiger charge is 2.49. The van der Waals surface area contributed by atoms with Crippen LogP contribution in [0.1, 0.15) is 48.9 Å². The van der Waals surface area contributed by atoms with Gasteiger partial charge in [-0.05, 0) is 43.3 Å². The van der Waals surface area contributed by atoms with Gasteiger partial charge in [0.2, 0.25) is 5.91 Å². The van der Waals surface area contributed by atoms with Crippen LogP contribution in [-0.4, -0.2) is 51.7 Å². The summed E-state index contributed by atoms with van der Waals surface area (Å²) in [6.07, 6.45) is -0.407. The van der Waals surface area contributed by atoms with Crippen LogP contribution in [0.3, 0.4) is 0 Å². The summed E-state index contributed by atoms with van der Waals surface area (Å²) in [5, 5.41) is 32.6. The number of aliphatic hydroxyl groups is 1. The number of rotatable bonds is 7. The van der Waals surface area contributed by atoms with E-state index in [2.05, 4.69) is 10.3 Å². The van der Waals surface area contributed by atoms with Crippen molar-refractivity contribution < 1.29 is 23.9 Å². The maximum absolute atomic E-state index is 14.6. The summed E-state index contributed by atoms with van der Waals surface area (Å²) in [5.41, 5.74) is -0.650. The van der Waals surface area contributed by atoms with Gasteiger partial charge in [0.1, 0.15) is 29.7 Å². The zero-order chi connectivity index (χ0) is 30.9. The lowest BCUT2D eigenvalue weighted by Crippen LogP contribution is -2.56. The fourth-order valence-corrected chi connectivity index (χ4v) is 5.81. The Morgan fingerprint density at radius 2 is 1.84 bits per heavy atom. The van der Waals surface area contributed by atoms with Gasteiger partial charge in [-0.1, -0.05) is 35.9 Å². The summed E-state index contributed by atoms with van der Waals surface area (Å²) < 4.78 is 14.3. The van der Waals surface area contributed by atoms with Gasteiger partial charge in [0.05, 0.1) is 23.3 Å². The Kier molecular flexibility index (Phi) is 8.14. The molecule has 218 valence electrons. The Morgan fingerprint density at radius 3 is 2.51 bits per heavy atom. The minimum Gasteiger partial charge on any atom is -0.383 e. The van der Waals surface area contributed by atoms with Gasteiger partial charge >= 0.3 is 0 Å². The minimum atomic E-state index is -1.56. The van der Waals surface area contributed by atoms with E-state index in [1.54, 1.807) is 30.3 Å². The molecule has 10 nitrogen and oxygen atoms in total. The molecule has 2 heterocycles. The first kappa shape index (κ1) is 29.6. The maximum Gasteiger partial charge on any atom is 0.257 e. The van der Waals surface area contributed by atoms with Crippen molar-refractivity contribution in [2.24, 2.45) is 0 Å². The molecule has 0 bridgehead atoms. The Labute approximate surface area is 251 Å². The van der Waals surface area contributed by atoms with Crippen molar-refractivity contribution in [1.82, 2.24) is 10.3 Å². The van der Waals surface area contributed by atoms with Gasteiger partial charge in [0.25, 0.3) is 11.8 Å². The third-order valence-electron chi connectivity index (χ3n) is 7.57. The van der Waals surface area contributed by atoms with Crippen molar-refractivity contribution in [3.05, 3.63) is 88.6 Å². The van der Waals surface area contributed by atoms with Gasteiger partial charge in [-0.15, -0.1) is 0 Å². The number of carbonyl (C=O) groups is 3. The molecule has 5 rings (SSSR count). The first-order valence-corrected chi connectivity index (χ1v) is 13.8. The summed E-state index contributed by atoms with van der Waals surface area (Å²) in [6.45, 7) is 1.44. The lowest BCUT2D eigenvalue weighted by molar-refractivity contribution is -0.128. The van der Waals surface area contributed by atoms with Crippen molar-refractivity contribution >= 4 is 40.8 Å². The number of pyridine rings is 1. The third kappa shape index (κ3) is 5.91. The third-order valence-corrected chi connectivity index (χ3v) is 7.92. The van der Waals surface area contributed by atoms with Crippen molar-refractivity contribution in [2.75, 3.05) is 9.80 Å². The Hall–Kier alpha value is -4.84. The van der Waals surface area contributed by atoms with E-state index in [0.29, 0.717) is 0 Å². The first-order chi connectivity index (χ1) is 20.5. The molecule has 3 aromatic rings. The SMILES string of the molecule is CC1(F)CC(NC(=O)C(c2ccccc2Cl)N(C(=O)[C@@H]2C[C@@H](O)C(=O)N2c2cc(C#N)ccn2)c2cccc(C#N)c2)C1. The molecular weight excluding hydrogens is 575 g/mol. The van der Waals surface area contributed by atoms with Gasteiger partial charge in [-0.3, -0.25) is 24.2 Å². The van der Waals surface area contributed by atoms with Crippen LogP contribution in [0.4, 0.5) is 15.9 Å². The van der Waals surface area contributed by atoms with Gasteiger partial charge in [0, 0.05) is 47.8 Å². The lowest BCUT2D eigenvalue weighted by atomic mass is 9.78. The molecule has 2 N–H and O–H groups in total. The first-order valence-electron chi connectivity index (χ1n) is 13.5. The monoisotopic (exact) mass is 600 g/mol. The summed E-state index contributed by atoms with van der Waals surface area (Å²) in [4.78, 5) is 48.2. The largest absolute Gasteiger partial charge is 0.383 e. The molecule has 1 aliphatic carbocycles. The number of aliphatic hydroxyl groups excluding tert-OH is 1. The quantitative estimate of drug-likeness (QED) is 0.419. The maximum atomic E-state index is 14.6. The van der Waals surface area contributed by atoms with E-state index >= 15 is 0 Å². The van der Waals surface area contributed by atoms with Gasteiger partial charge in [-0.25, -0.2) is 9.37 Å². The number of hydrogen-bond acceptors (Lipinski definition) is 7. The van der Waals surface area contributed by atoms with E-state index in [0.717, 1.165) is 9.80 Å². The van der Waals surface area contributed by atoms with Crippen LogP contribution in [0.15, 0.2) is 66.9 Å². The second kappa shape index (κ2) is 11.8. The molecule has 2 aliphatic rings. The number of alkyl halides is 1. The second-order valence-corrected chi connectivity index (χ2v) is 11.2. The molecule has 12 heteroatoms. The number of amides is 3. The van der Waals surface area contributed by atoms with E-state index in [-0.39, 0.29) is 52.5 Å². The van der Waals surface area contributed by atoms with Gasteiger partial charge in [-0.2, -0.15) is 10.5 Å². The zero-order valence-electron chi connectivity index (χ0n) is 22.9. The van der Waals surface area contributed by atoms with Crippen LogP contribution in [0.25, 0.3) is 0 Å². The van der Waals surface area contributed by atoms with Crippen LogP contribution in [0, 0.1) is 22.7 Å². The number of anilines is 2. The number of carbonyl (C=O) groups excluding carboxylic acids is 3. The van der Waals surface area contributed by atoms with Crippen LogP contribution >= 0.6 is 11.6 Å². The second-order valence-electron chi connectivity index (χ2n) is 10.8. The zero-order valence-corrected chi connectivity index (χ0v) is 23.7. The number of nitriles is 2. The standard InChI is InChI=1S/C31H26ClFN6O4/c1-31(33)14-20(15-31)37-28(41)27(22-7-2-3-8-23(22)32)38(21-6-4-5-18(11-21)16-34)29(42)24-13-25(40)30(43)39(24)26-12-19(17-35)9-10-36-26/h2-12,20,24-25,27,40H,13-15H2,1H3,(H,37,41)/t20?,24-,25+,27?,31?/m0/s1. The normalized spacial score (nSPS) is 23.4. The topological polar surface area (TPSA) is 150 Å². The average Bonchev–Trinajstić information content (AvgIpc) is 3.28. The molecule has 0 spiro atoms. The Bertz CT molecular complexity index is 1680. The van der Waals surface area contributed by atoms with E-state index in [1.807, 2.05) is 12.1 Å². The predicted octanol–water partition coefficient (Wildman–Crippen LogP) is 3.73. The molecule has 2 aromatic carbocycles. The molecule has 1 aromatic heterocycles. The fourth-order valence-electron chi connectivity index (χ4n) is 5.57. The van der Waals surface area contributed by atoms with Crippen molar-refractivity contribution in [3.63, 3.8) is 0 Å². The molecule has 1 aliphatic heterocycles. The number of hydrogen-bond donors (Lipinski definition) is 2. The summed E-state index contributed by atoms with van der Waals surface area (Å²) in [6, 6.07) is 15.9. The molecule has 0 radical (unpaired) electrons. The van der Waals surface area contributed by atoms with Crippen LogP contribution in [0.2, 0.25) is 5.02 Å². The van der Waals surface area contributed by atoms with Crippen LogP contribution < -0.4 is 15.1 Å². The molecule has 1 saturated carbocycles. The average molecular weight is 601 g/mol. The summed E-state index contributed by atoms with van der Waals surface area (Å²) in [7, 11) is 0. The van der Waals surface area contributed by atoms with Crippen molar-refractivity contribution in [3.8, 4) is 12.1 Å². The summed E-state index contributed by atoms with van der Waals surface area (Å²) >= 11 is 6.58. The highest BCUT2D eigenvalue weighted by molar-refractivity contribution is 6.31. The van der Waals surface area contributed by atoms with E-state index in [9.17, 15) is 34.4 Å². The van der Waals surface area contributed by atoms with Crippen LogP contribution in [0.5, 0.6) is 0 Å². The van der Waals surface area contributed by atoms with E-state index < -0.39 is 47.6 Å². The summed E-state index contributed by atoms with van der Waals surface area (Å²) in [5.74, 6) is -2.25. The number of benzene rings is 2. The molecular formula is C31H26ClFN6O4. The van der Waals surface area contributed by atoms with E-state index in [1.165, 1.54) is 43.5 Å². The fraction of sp³-hybridized carbons (Fsp3) is 0.290. The Morgan fingerprint density at radius 1 is 1.14 bits per heavy atom. The molecule has 3 atom stereocenters. The number of aromatic nitrogens is 1. The van der Waals surface area contributed by atoms with Gasteiger partial charge < -0.3 is 10.4 Å². The Balaban J connectivity index is 1.64. The number of nitrogens with zero attached hydrogens (tertiary/aromatic N) is 5. The van der Waals surface area contributed by atoms with Crippen LogP contribution in [-0.2, 0) is 14.4 Å². The highest BCUT2D eigenvalue weighted by atomic mass is 35.5. The molecule has 1 saturated heterocycles. The lowest BCUT2D eigenvalue weighted by Gasteiger charge is -2.41. The molecule has 2 fully saturated rings. The number of halogens is 2. The molecule has 43 heavy (non-hydrogen) atoms. The minimum absolute atomic E-state index is 0.0277.